The molecule has 0 aliphatic carbocycles. The van der Waals surface area contributed by atoms with Crippen molar-refractivity contribution in [3.63, 3.8) is 0 Å². The van der Waals surface area contributed by atoms with Crippen LogP contribution in [-0.2, 0) is 0 Å². The van der Waals surface area contributed by atoms with Gasteiger partial charge in [0, 0.05) is 10.6 Å². The zero-order valence-electron chi connectivity index (χ0n) is 8.82. The highest BCUT2D eigenvalue weighted by Gasteiger charge is 2.13. The van der Waals surface area contributed by atoms with Gasteiger partial charge in [-0.05, 0) is 18.2 Å². The number of amides is 1. The normalized spacial score (nSPS) is 10.2. The Morgan fingerprint density at radius 3 is 2.39 bits per heavy atom. The number of aromatic nitrogens is 2. The van der Waals surface area contributed by atoms with Crippen LogP contribution in [0.3, 0.4) is 0 Å². The van der Waals surface area contributed by atoms with Gasteiger partial charge >= 0.3 is 0 Å². The van der Waals surface area contributed by atoms with E-state index in [0.29, 0.717) is 10.6 Å². The summed E-state index contributed by atoms with van der Waals surface area (Å²) in [7, 11) is 0. The second-order valence-corrected chi connectivity index (χ2v) is 4.45. The summed E-state index contributed by atoms with van der Waals surface area (Å²) in [5.41, 5.74) is 0.560. The molecule has 0 bridgehead atoms. The molecule has 2 rings (SSSR count). The van der Waals surface area contributed by atoms with Crippen LogP contribution in [-0.4, -0.2) is 15.9 Å². The molecule has 4 nitrogen and oxygen atoms in total. The van der Waals surface area contributed by atoms with E-state index >= 15 is 0 Å². The van der Waals surface area contributed by atoms with Crippen molar-refractivity contribution in [1.82, 2.24) is 9.97 Å². The molecule has 0 spiro atoms. The smallest absolute Gasteiger partial charge is 0.255 e. The number of anilines is 1. The van der Waals surface area contributed by atoms with Crippen LogP contribution in [0.4, 0.5) is 5.69 Å². The fourth-order valence-electron chi connectivity index (χ4n) is 1.26. The molecule has 7 heteroatoms. The van der Waals surface area contributed by atoms with Gasteiger partial charge in [-0.15, -0.1) is 0 Å². The van der Waals surface area contributed by atoms with Gasteiger partial charge in [0.1, 0.15) is 12.0 Å². The minimum atomic E-state index is -0.392. The molecule has 2 aromatic rings. The van der Waals surface area contributed by atoms with Crippen molar-refractivity contribution in [2.75, 3.05) is 5.32 Å². The molecule has 1 aromatic carbocycles. The number of nitrogens with zero attached hydrogens (tertiary/aromatic N) is 2. The fourth-order valence-corrected chi connectivity index (χ4v) is 1.86. The molecule has 0 aliphatic heterocycles. The first-order chi connectivity index (χ1) is 8.58. The van der Waals surface area contributed by atoms with Crippen LogP contribution >= 0.6 is 34.8 Å². The highest BCUT2D eigenvalue weighted by molar-refractivity contribution is 6.38. The van der Waals surface area contributed by atoms with E-state index in [2.05, 4.69) is 15.3 Å². The third-order valence-electron chi connectivity index (χ3n) is 2.08. The molecular formula is C11H6Cl3N3O. The molecule has 18 heavy (non-hydrogen) atoms. The number of rotatable bonds is 2. The number of carbonyl (C=O) groups excluding carboxylic acids is 1. The summed E-state index contributed by atoms with van der Waals surface area (Å²) < 4.78 is 0. The van der Waals surface area contributed by atoms with Gasteiger partial charge < -0.3 is 5.32 Å². The largest absolute Gasteiger partial charge is 0.317 e. The molecule has 0 saturated heterocycles. The van der Waals surface area contributed by atoms with Crippen LogP contribution in [0.15, 0.2) is 30.6 Å². The Morgan fingerprint density at radius 2 is 1.78 bits per heavy atom. The summed E-state index contributed by atoms with van der Waals surface area (Å²) in [5, 5.41) is 3.15. The molecule has 1 heterocycles. The van der Waals surface area contributed by atoms with Crippen LogP contribution < -0.4 is 5.32 Å². The molecule has 1 aromatic heterocycles. The first kappa shape index (κ1) is 13.1. The molecule has 0 aliphatic rings. The number of carbonyl (C=O) groups is 1. The van der Waals surface area contributed by atoms with E-state index < -0.39 is 5.91 Å². The lowest BCUT2D eigenvalue weighted by Gasteiger charge is -2.07. The minimum absolute atomic E-state index is 0.0744. The number of benzene rings is 1. The summed E-state index contributed by atoms with van der Waals surface area (Å²) in [4.78, 5) is 19.4. The SMILES string of the molecule is O=C(Nc1c(Cl)ncnc1Cl)c1cccc(Cl)c1. The number of nitrogens with one attached hydrogen (secondary N) is 1. The van der Waals surface area contributed by atoms with E-state index in [4.69, 9.17) is 34.8 Å². The molecule has 1 amide bonds. The van der Waals surface area contributed by atoms with Crippen molar-refractivity contribution in [2.24, 2.45) is 0 Å². The van der Waals surface area contributed by atoms with Crippen molar-refractivity contribution >= 4 is 46.4 Å². The number of hydrogen-bond acceptors (Lipinski definition) is 3. The Bertz CT molecular complexity index is 584. The maximum atomic E-state index is 11.9. The van der Waals surface area contributed by atoms with Crippen LogP contribution in [0, 0.1) is 0 Å². The van der Waals surface area contributed by atoms with Crippen molar-refractivity contribution in [3.8, 4) is 0 Å². The zero-order chi connectivity index (χ0) is 13.1. The van der Waals surface area contributed by atoms with E-state index in [1.807, 2.05) is 0 Å². The average molecular weight is 303 g/mol. The van der Waals surface area contributed by atoms with Gasteiger partial charge in [0.25, 0.3) is 5.91 Å². The number of hydrogen-bond donors (Lipinski definition) is 1. The predicted molar refractivity (Wildman–Crippen MR) is 71.5 cm³/mol. The van der Waals surface area contributed by atoms with Gasteiger partial charge in [-0.2, -0.15) is 0 Å². The van der Waals surface area contributed by atoms with Crippen molar-refractivity contribution in [1.29, 1.82) is 0 Å². The van der Waals surface area contributed by atoms with Gasteiger partial charge in [-0.3, -0.25) is 4.79 Å². The molecule has 0 saturated carbocycles. The third-order valence-corrected chi connectivity index (χ3v) is 2.89. The lowest BCUT2D eigenvalue weighted by atomic mass is 10.2. The predicted octanol–water partition coefficient (Wildman–Crippen LogP) is 3.69. The Balaban J connectivity index is 2.27. The topological polar surface area (TPSA) is 54.9 Å². The third kappa shape index (κ3) is 2.90. The highest BCUT2D eigenvalue weighted by Crippen LogP contribution is 2.26. The minimum Gasteiger partial charge on any atom is -0.317 e. The van der Waals surface area contributed by atoms with E-state index in [0.717, 1.165) is 0 Å². The second-order valence-electron chi connectivity index (χ2n) is 3.29. The van der Waals surface area contributed by atoms with Crippen molar-refractivity contribution in [2.45, 2.75) is 0 Å². The molecule has 0 atom stereocenters. The Morgan fingerprint density at radius 1 is 1.11 bits per heavy atom. The van der Waals surface area contributed by atoms with Gasteiger partial charge in [-0.1, -0.05) is 40.9 Å². The molecule has 0 radical (unpaired) electrons. The van der Waals surface area contributed by atoms with E-state index in [1.165, 1.54) is 12.4 Å². The molecule has 0 fully saturated rings. The average Bonchev–Trinajstić information content (AvgIpc) is 2.34. The van der Waals surface area contributed by atoms with Crippen LogP contribution in [0.5, 0.6) is 0 Å². The maximum absolute atomic E-state index is 11.9. The van der Waals surface area contributed by atoms with Gasteiger partial charge in [-0.25, -0.2) is 9.97 Å². The second kappa shape index (κ2) is 5.52. The summed E-state index contributed by atoms with van der Waals surface area (Å²) in [6, 6.07) is 6.49. The van der Waals surface area contributed by atoms with E-state index in [-0.39, 0.29) is 16.0 Å². The Labute approximate surface area is 118 Å². The quantitative estimate of drug-likeness (QED) is 0.861. The number of halogens is 3. The molecule has 92 valence electrons. The first-order valence-electron chi connectivity index (χ1n) is 4.81. The molecular weight excluding hydrogens is 296 g/mol. The summed E-state index contributed by atoms with van der Waals surface area (Å²) in [5.74, 6) is -0.392. The van der Waals surface area contributed by atoms with E-state index in [9.17, 15) is 4.79 Å². The van der Waals surface area contributed by atoms with Gasteiger partial charge in [0.15, 0.2) is 10.3 Å². The maximum Gasteiger partial charge on any atom is 0.255 e. The molecule has 1 N–H and O–H groups in total. The standard InChI is InChI=1S/C11H6Cl3N3O/c12-7-3-1-2-6(4-7)11(18)17-8-9(13)15-5-16-10(8)14/h1-5H,(H,17,18). The fraction of sp³-hybridized carbons (Fsp3) is 0. The van der Waals surface area contributed by atoms with Crippen LogP contribution in [0.1, 0.15) is 10.4 Å². The monoisotopic (exact) mass is 301 g/mol. The summed E-state index contributed by atoms with van der Waals surface area (Å²) in [6.45, 7) is 0. The Kier molecular flexibility index (Phi) is 4.01. The molecule has 0 unspecified atom stereocenters. The van der Waals surface area contributed by atoms with E-state index in [1.54, 1.807) is 18.2 Å². The van der Waals surface area contributed by atoms with Gasteiger partial charge in [0.05, 0.1) is 0 Å². The highest BCUT2D eigenvalue weighted by atomic mass is 35.5. The van der Waals surface area contributed by atoms with Gasteiger partial charge in [0.2, 0.25) is 0 Å². The zero-order valence-corrected chi connectivity index (χ0v) is 11.1. The summed E-state index contributed by atoms with van der Waals surface area (Å²) in [6.07, 6.45) is 1.21. The van der Waals surface area contributed by atoms with Crippen molar-refractivity contribution in [3.05, 3.63) is 51.5 Å². The lowest BCUT2D eigenvalue weighted by Crippen LogP contribution is -2.13. The van der Waals surface area contributed by atoms with Crippen molar-refractivity contribution < 1.29 is 4.79 Å². The van der Waals surface area contributed by atoms with Crippen LogP contribution in [0.25, 0.3) is 0 Å². The summed E-state index contributed by atoms with van der Waals surface area (Å²) >= 11 is 17.4. The lowest BCUT2D eigenvalue weighted by molar-refractivity contribution is 0.102. The first-order valence-corrected chi connectivity index (χ1v) is 5.94. The van der Waals surface area contributed by atoms with Crippen LogP contribution in [0.2, 0.25) is 15.3 Å². The Hall–Kier alpha value is -1.36.